The molecule has 1 aromatic carbocycles. The molecular weight excluding hydrogens is 178 g/mol. The Balaban J connectivity index is 2.30. The maximum absolute atomic E-state index is 10.8. The van der Waals surface area contributed by atoms with E-state index in [1.54, 1.807) is 0 Å². The molecule has 0 saturated carbocycles. The molecule has 3 heteroatoms. The maximum atomic E-state index is 10.8. The summed E-state index contributed by atoms with van der Waals surface area (Å²) in [6.07, 6.45) is 1.80. The fraction of sp³-hybridized carbons (Fsp3) is 0.364. The Morgan fingerprint density at radius 1 is 1.50 bits per heavy atom. The Hall–Kier alpha value is -1.35. The van der Waals surface area contributed by atoms with Gasteiger partial charge in [-0.1, -0.05) is 24.3 Å². The van der Waals surface area contributed by atoms with Gasteiger partial charge in [0.25, 0.3) is 0 Å². The number of fused-ring (bicyclic) bond motifs is 1. The van der Waals surface area contributed by atoms with Gasteiger partial charge in [0.1, 0.15) is 6.04 Å². The minimum absolute atomic E-state index is 0.0105. The van der Waals surface area contributed by atoms with Crippen molar-refractivity contribution >= 4 is 5.97 Å². The van der Waals surface area contributed by atoms with Gasteiger partial charge in [0, 0.05) is 5.92 Å². The fourth-order valence-corrected chi connectivity index (χ4v) is 2.14. The number of rotatable bonds is 2. The van der Waals surface area contributed by atoms with E-state index in [0.717, 1.165) is 18.4 Å². The van der Waals surface area contributed by atoms with Gasteiger partial charge in [0.15, 0.2) is 0 Å². The van der Waals surface area contributed by atoms with E-state index < -0.39 is 12.0 Å². The molecule has 74 valence electrons. The second kappa shape index (κ2) is 3.42. The summed E-state index contributed by atoms with van der Waals surface area (Å²) in [5, 5.41) is 8.84. The SMILES string of the molecule is N[C@@H](C(=O)O)[C@@H]1CCc2ccccc21. The van der Waals surface area contributed by atoms with Crippen molar-refractivity contribution in [1.29, 1.82) is 0 Å². The molecule has 3 N–H and O–H groups in total. The summed E-state index contributed by atoms with van der Waals surface area (Å²) in [5.41, 5.74) is 8.00. The smallest absolute Gasteiger partial charge is 0.321 e. The number of carboxylic acid groups (broad SMARTS) is 1. The maximum Gasteiger partial charge on any atom is 0.321 e. The highest BCUT2D eigenvalue weighted by atomic mass is 16.4. The molecular formula is C11H13NO2. The van der Waals surface area contributed by atoms with Crippen molar-refractivity contribution in [3.05, 3.63) is 35.4 Å². The van der Waals surface area contributed by atoms with Gasteiger partial charge in [0.05, 0.1) is 0 Å². The van der Waals surface area contributed by atoms with Crippen molar-refractivity contribution in [1.82, 2.24) is 0 Å². The Bertz CT molecular complexity index is 362. The highest BCUT2D eigenvalue weighted by Crippen LogP contribution is 2.34. The van der Waals surface area contributed by atoms with E-state index in [1.807, 2.05) is 24.3 Å². The number of hydrogen-bond donors (Lipinski definition) is 2. The van der Waals surface area contributed by atoms with Gasteiger partial charge < -0.3 is 10.8 Å². The molecule has 14 heavy (non-hydrogen) atoms. The summed E-state index contributed by atoms with van der Waals surface area (Å²) in [7, 11) is 0. The number of carbonyl (C=O) groups is 1. The highest BCUT2D eigenvalue weighted by molar-refractivity contribution is 5.75. The zero-order chi connectivity index (χ0) is 10.1. The first-order valence-corrected chi connectivity index (χ1v) is 4.76. The van der Waals surface area contributed by atoms with Crippen LogP contribution in [0.3, 0.4) is 0 Å². The largest absolute Gasteiger partial charge is 0.480 e. The van der Waals surface area contributed by atoms with E-state index in [1.165, 1.54) is 5.56 Å². The second-order valence-corrected chi connectivity index (χ2v) is 3.71. The molecule has 1 aromatic rings. The van der Waals surface area contributed by atoms with Crippen LogP contribution in [-0.4, -0.2) is 17.1 Å². The summed E-state index contributed by atoms with van der Waals surface area (Å²) >= 11 is 0. The van der Waals surface area contributed by atoms with Crippen LogP contribution in [-0.2, 0) is 11.2 Å². The molecule has 2 rings (SSSR count). The van der Waals surface area contributed by atoms with Crippen molar-refractivity contribution < 1.29 is 9.90 Å². The molecule has 0 spiro atoms. The second-order valence-electron chi connectivity index (χ2n) is 3.71. The first kappa shape index (κ1) is 9.21. The normalized spacial score (nSPS) is 21.6. The lowest BCUT2D eigenvalue weighted by Gasteiger charge is -2.15. The third-order valence-corrected chi connectivity index (χ3v) is 2.90. The molecule has 0 unspecified atom stereocenters. The Labute approximate surface area is 82.5 Å². The Morgan fingerprint density at radius 2 is 2.21 bits per heavy atom. The van der Waals surface area contributed by atoms with E-state index in [4.69, 9.17) is 10.8 Å². The minimum Gasteiger partial charge on any atom is -0.480 e. The molecule has 0 amide bonds. The molecule has 0 bridgehead atoms. The zero-order valence-electron chi connectivity index (χ0n) is 7.81. The van der Waals surface area contributed by atoms with Gasteiger partial charge in [0.2, 0.25) is 0 Å². The van der Waals surface area contributed by atoms with Gasteiger partial charge in [-0.25, -0.2) is 0 Å². The van der Waals surface area contributed by atoms with E-state index >= 15 is 0 Å². The Kier molecular flexibility index (Phi) is 2.25. The van der Waals surface area contributed by atoms with Gasteiger partial charge in [-0.05, 0) is 24.0 Å². The average Bonchev–Trinajstić information content (AvgIpc) is 2.60. The summed E-state index contributed by atoms with van der Waals surface area (Å²) in [5.74, 6) is -0.921. The van der Waals surface area contributed by atoms with Crippen LogP contribution in [0, 0.1) is 0 Å². The summed E-state index contributed by atoms with van der Waals surface area (Å²) in [6.45, 7) is 0. The Morgan fingerprint density at radius 3 is 2.93 bits per heavy atom. The van der Waals surface area contributed by atoms with Crippen molar-refractivity contribution in [3.8, 4) is 0 Å². The monoisotopic (exact) mass is 191 g/mol. The third-order valence-electron chi connectivity index (χ3n) is 2.90. The number of nitrogens with two attached hydrogens (primary N) is 1. The van der Waals surface area contributed by atoms with Crippen molar-refractivity contribution in [2.75, 3.05) is 0 Å². The molecule has 0 aliphatic heterocycles. The van der Waals surface area contributed by atoms with Crippen molar-refractivity contribution in [2.24, 2.45) is 5.73 Å². The molecule has 0 fully saturated rings. The standard InChI is InChI=1S/C11H13NO2/c12-10(11(13)14)9-6-5-7-3-1-2-4-8(7)9/h1-4,9-10H,5-6,12H2,(H,13,14)/t9-,10-/m1/s1. The van der Waals surface area contributed by atoms with E-state index in [0.29, 0.717) is 0 Å². The van der Waals surface area contributed by atoms with Gasteiger partial charge in [-0.3, -0.25) is 4.79 Å². The number of aryl methyl sites for hydroxylation is 1. The van der Waals surface area contributed by atoms with Gasteiger partial charge in [-0.15, -0.1) is 0 Å². The molecule has 0 aromatic heterocycles. The number of carboxylic acids is 1. The molecule has 1 aliphatic carbocycles. The molecule has 0 heterocycles. The predicted molar refractivity (Wildman–Crippen MR) is 53.1 cm³/mol. The predicted octanol–water partition coefficient (Wildman–Crippen LogP) is 1.13. The molecule has 0 saturated heterocycles. The van der Waals surface area contributed by atoms with Gasteiger partial charge in [-0.2, -0.15) is 0 Å². The molecule has 3 nitrogen and oxygen atoms in total. The summed E-state index contributed by atoms with van der Waals surface area (Å²) in [6, 6.07) is 7.18. The average molecular weight is 191 g/mol. The van der Waals surface area contributed by atoms with Crippen LogP contribution in [0.1, 0.15) is 23.5 Å². The van der Waals surface area contributed by atoms with Crippen molar-refractivity contribution in [3.63, 3.8) is 0 Å². The molecule has 0 radical (unpaired) electrons. The number of benzene rings is 1. The fourth-order valence-electron chi connectivity index (χ4n) is 2.14. The lowest BCUT2D eigenvalue weighted by atomic mass is 9.94. The topological polar surface area (TPSA) is 63.3 Å². The summed E-state index contributed by atoms with van der Waals surface area (Å²) < 4.78 is 0. The molecule has 2 atom stereocenters. The first-order valence-electron chi connectivity index (χ1n) is 4.76. The van der Waals surface area contributed by atoms with Crippen LogP contribution in [0.2, 0.25) is 0 Å². The highest BCUT2D eigenvalue weighted by Gasteiger charge is 2.31. The third kappa shape index (κ3) is 1.40. The zero-order valence-corrected chi connectivity index (χ0v) is 7.81. The van der Waals surface area contributed by atoms with Crippen LogP contribution >= 0.6 is 0 Å². The number of hydrogen-bond acceptors (Lipinski definition) is 2. The van der Waals surface area contributed by atoms with Crippen LogP contribution in [0.25, 0.3) is 0 Å². The number of aliphatic carboxylic acids is 1. The van der Waals surface area contributed by atoms with E-state index in [2.05, 4.69) is 0 Å². The van der Waals surface area contributed by atoms with Crippen LogP contribution < -0.4 is 5.73 Å². The van der Waals surface area contributed by atoms with E-state index in [9.17, 15) is 4.79 Å². The lowest BCUT2D eigenvalue weighted by molar-refractivity contribution is -0.139. The summed E-state index contributed by atoms with van der Waals surface area (Å²) in [4.78, 5) is 10.8. The van der Waals surface area contributed by atoms with Crippen LogP contribution in [0.5, 0.6) is 0 Å². The molecule has 1 aliphatic rings. The van der Waals surface area contributed by atoms with E-state index in [-0.39, 0.29) is 5.92 Å². The van der Waals surface area contributed by atoms with Crippen LogP contribution in [0.15, 0.2) is 24.3 Å². The minimum atomic E-state index is -0.910. The quantitative estimate of drug-likeness (QED) is 0.736. The van der Waals surface area contributed by atoms with Crippen molar-refractivity contribution in [2.45, 2.75) is 24.8 Å². The van der Waals surface area contributed by atoms with Gasteiger partial charge >= 0.3 is 5.97 Å². The lowest BCUT2D eigenvalue weighted by Crippen LogP contribution is -2.35. The van der Waals surface area contributed by atoms with Crippen LogP contribution in [0.4, 0.5) is 0 Å². The first-order chi connectivity index (χ1) is 6.70.